The van der Waals surface area contributed by atoms with Gasteiger partial charge in [0.25, 0.3) is 0 Å². The topological polar surface area (TPSA) is 41.6 Å². The van der Waals surface area contributed by atoms with Gasteiger partial charge in [-0.25, -0.2) is 4.98 Å². The summed E-state index contributed by atoms with van der Waals surface area (Å²) in [6.07, 6.45) is 0. The van der Waals surface area contributed by atoms with E-state index >= 15 is 0 Å². The predicted molar refractivity (Wildman–Crippen MR) is 228 cm³/mol. The molecule has 3 nitrogen and oxygen atoms in total. The van der Waals surface area contributed by atoms with Crippen LogP contribution >= 0.6 is 0 Å². The molecule has 0 spiro atoms. The van der Waals surface area contributed by atoms with Crippen molar-refractivity contribution < 1.29 is 0 Å². The van der Waals surface area contributed by atoms with Crippen LogP contribution in [0.4, 0.5) is 0 Å². The molecule has 0 saturated carbocycles. The number of para-hydroxylation sites is 1. The first-order valence-corrected chi connectivity index (χ1v) is 18.5. The zero-order valence-electron chi connectivity index (χ0n) is 29.9. The number of hydrogen-bond donors (Lipinski definition) is 0. The van der Waals surface area contributed by atoms with Gasteiger partial charge < -0.3 is 4.57 Å². The third-order valence-electron chi connectivity index (χ3n) is 10.6. The second kappa shape index (κ2) is 13.5. The number of aromatic nitrogens is 2. The minimum absolute atomic E-state index is 0.630. The third-order valence-corrected chi connectivity index (χ3v) is 10.6. The zero-order chi connectivity index (χ0) is 36.7. The first kappa shape index (κ1) is 32.1. The van der Waals surface area contributed by atoms with Crippen LogP contribution < -0.4 is 0 Å². The van der Waals surface area contributed by atoms with Gasteiger partial charge in [0.1, 0.15) is 0 Å². The van der Waals surface area contributed by atoms with Crippen molar-refractivity contribution in [2.24, 2.45) is 0 Å². The minimum Gasteiger partial charge on any atom is -0.309 e. The van der Waals surface area contributed by atoms with E-state index in [2.05, 4.69) is 180 Å². The fraction of sp³-hybridized carbons (Fsp3) is 0. The van der Waals surface area contributed by atoms with Crippen LogP contribution in [-0.2, 0) is 0 Å². The normalized spacial score (nSPS) is 11.3. The van der Waals surface area contributed by atoms with Crippen LogP contribution in [0.1, 0.15) is 5.56 Å². The van der Waals surface area contributed by atoms with Crippen LogP contribution in [0.2, 0.25) is 0 Å². The molecule has 3 heteroatoms. The van der Waals surface area contributed by atoms with Gasteiger partial charge in [-0.3, -0.25) is 0 Å². The number of fused-ring (bicyclic) bond motifs is 4. The summed E-state index contributed by atoms with van der Waals surface area (Å²) in [5.74, 6) is 0. The van der Waals surface area contributed by atoms with Crippen molar-refractivity contribution in [3.8, 4) is 67.7 Å². The van der Waals surface area contributed by atoms with E-state index in [0.29, 0.717) is 5.56 Å². The summed E-state index contributed by atoms with van der Waals surface area (Å²) in [5.41, 5.74) is 14.2. The van der Waals surface area contributed by atoms with E-state index in [-0.39, 0.29) is 0 Å². The van der Waals surface area contributed by atoms with Crippen molar-refractivity contribution in [2.75, 3.05) is 0 Å². The lowest BCUT2D eigenvalue weighted by Gasteiger charge is -2.15. The lowest BCUT2D eigenvalue weighted by molar-refractivity contribution is 1.18. The molecule has 2 aromatic heterocycles. The highest BCUT2D eigenvalue weighted by molar-refractivity contribution is 6.11. The molecule has 0 unspecified atom stereocenters. The average molecular weight is 700 g/mol. The van der Waals surface area contributed by atoms with Gasteiger partial charge in [0.05, 0.1) is 34.1 Å². The molecule has 55 heavy (non-hydrogen) atoms. The summed E-state index contributed by atoms with van der Waals surface area (Å²) >= 11 is 0. The number of hydrogen-bond acceptors (Lipinski definition) is 2. The van der Waals surface area contributed by atoms with Crippen molar-refractivity contribution in [3.05, 3.63) is 206 Å². The molecule has 0 aliphatic carbocycles. The van der Waals surface area contributed by atoms with Crippen LogP contribution in [-0.4, -0.2) is 9.55 Å². The highest BCUT2D eigenvalue weighted by Gasteiger charge is 2.17. The van der Waals surface area contributed by atoms with Crippen LogP contribution in [0.15, 0.2) is 200 Å². The summed E-state index contributed by atoms with van der Waals surface area (Å²) in [4.78, 5) is 5.28. The molecular weight excluding hydrogens is 667 g/mol. The largest absolute Gasteiger partial charge is 0.309 e. The van der Waals surface area contributed by atoms with Crippen molar-refractivity contribution in [1.82, 2.24) is 9.55 Å². The molecule has 0 radical (unpaired) electrons. The Balaban J connectivity index is 1.19. The maximum atomic E-state index is 10.2. The Morgan fingerprint density at radius 2 is 1.00 bits per heavy atom. The van der Waals surface area contributed by atoms with Gasteiger partial charge in [-0.1, -0.05) is 146 Å². The minimum atomic E-state index is 0.630. The Kier molecular flexibility index (Phi) is 7.86. The van der Waals surface area contributed by atoms with Crippen LogP contribution in [0, 0.1) is 11.3 Å². The van der Waals surface area contributed by atoms with Crippen LogP contribution in [0.3, 0.4) is 0 Å². The monoisotopic (exact) mass is 699 g/mol. The fourth-order valence-electron chi connectivity index (χ4n) is 8.01. The SMILES string of the molecule is N#Cc1ccccc1-c1cc(-c2cccc(-c3cccc(-c4ccccc4)c3)n2)cc(-n2c3ccccc3c3ccc(-c4cccc5ccccc45)cc32)c1. The molecule has 10 rings (SSSR count). The van der Waals surface area contributed by atoms with Gasteiger partial charge in [0, 0.05) is 27.6 Å². The average Bonchev–Trinajstić information content (AvgIpc) is 3.60. The van der Waals surface area contributed by atoms with E-state index in [1.807, 2.05) is 30.3 Å². The summed E-state index contributed by atoms with van der Waals surface area (Å²) in [6, 6.07) is 72.7. The smallest absolute Gasteiger partial charge is 0.0998 e. The van der Waals surface area contributed by atoms with E-state index in [9.17, 15) is 5.26 Å². The van der Waals surface area contributed by atoms with E-state index in [0.717, 1.165) is 61.5 Å². The Morgan fingerprint density at radius 1 is 0.382 bits per heavy atom. The Labute approximate surface area is 319 Å². The Hall–Kier alpha value is -7.54. The lowest BCUT2D eigenvalue weighted by Crippen LogP contribution is -1.98. The molecule has 8 aromatic carbocycles. The molecule has 2 heterocycles. The van der Waals surface area contributed by atoms with E-state index in [1.165, 1.54) is 32.7 Å². The first-order valence-electron chi connectivity index (χ1n) is 18.5. The summed E-state index contributed by atoms with van der Waals surface area (Å²) in [5, 5.41) is 15.0. The highest BCUT2D eigenvalue weighted by atomic mass is 15.0. The Morgan fingerprint density at radius 3 is 1.89 bits per heavy atom. The summed E-state index contributed by atoms with van der Waals surface area (Å²) in [7, 11) is 0. The van der Waals surface area contributed by atoms with Gasteiger partial charge in [0.2, 0.25) is 0 Å². The number of nitriles is 1. The predicted octanol–water partition coefficient (Wildman–Crippen LogP) is 13.5. The van der Waals surface area contributed by atoms with Gasteiger partial charge in [-0.15, -0.1) is 0 Å². The molecular formula is C52H33N3. The molecule has 0 amide bonds. The van der Waals surface area contributed by atoms with Gasteiger partial charge in [-0.05, 0) is 98.8 Å². The van der Waals surface area contributed by atoms with Gasteiger partial charge in [0.15, 0.2) is 0 Å². The van der Waals surface area contributed by atoms with Gasteiger partial charge in [-0.2, -0.15) is 5.26 Å². The summed E-state index contributed by atoms with van der Waals surface area (Å²) < 4.78 is 2.37. The second-order valence-corrected chi connectivity index (χ2v) is 13.9. The second-order valence-electron chi connectivity index (χ2n) is 13.9. The van der Waals surface area contributed by atoms with Crippen molar-refractivity contribution in [3.63, 3.8) is 0 Å². The molecule has 10 aromatic rings. The molecule has 0 aliphatic rings. The highest BCUT2D eigenvalue weighted by Crippen LogP contribution is 2.39. The van der Waals surface area contributed by atoms with Crippen LogP contribution in [0.5, 0.6) is 0 Å². The van der Waals surface area contributed by atoms with E-state index < -0.39 is 0 Å². The Bertz CT molecular complexity index is 3100. The number of benzene rings is 8. The van der Waals surface area contributed by atoms with Crippen LogP contribution in [0.25, 0.3) is 94.2 Å². The number of nitrogens with zero attached hydrogens (tertiary/aromatic N) is 3. The third kappa shape index (κ3) is 5.74. The summed E-state index contributed by atoms with van der Waals surface area (Å²) in [6.45, 7) is 0. The molecule has 0 aliphatic heterocycles. The molecule has 0 saturated heterocycles. The molecule has 0 fully saturated rings. The molecule has 0 bridgehead atoms. The maximum absolute atomic E-state index is 10.2. The number of rotatable bonds is 6. The first-order chi connectivity index (χ1) is 27.2. The molecule has 0 N–H and O–H groups in total. The number of pyridine rings is 1. The quantitative estimate of drug-likeness (QED) is 0.173. The van der Waals surface area contributed by atoms with Gasteiger partial charge >= 0.3 is 0 Å². The lowest BCUT2D eigenvalue weighted by atomic mass is 9.96. The zero-order valence-corrected chi connectivity index (χ0v) is 29.9. The van der Waals surface area contributed by atoms with Crippen molar-refractivity contribution in [2.45, 2.75) is 0 Å². The van der Waals surface area contributed by atoms with Crippen molar-refractivity contribution >= 4 is 32.6 Å². The maximum Gasteiger partial charge on any atom is 0.0998 e. The fourth-order valence-corrected chi connectivity index (χ4v) is 8.01. The van der Waals surface area contributed by atoms with Crippen molar-refractivity contribution in [1.29, 1.82) is 5.26 Å². The standard InChI is InChI=1S/C52H33N3/c53-34-40-16-5-6-20-44(40)41-30-42(50-25-12-24-49(54-50)39-19-10-18-37(29-39)35-13-2-1-3-14-35)32-43(31-41)55-51-26-9-8-22-47(51)48-28-27-38(33-52(48)55)46-23-11-17-36-15-4-7-21-45(36)46/h1-33H. The molecule has 256 valence electrons. The molecule has 0 atom stereocenters. The van der Waals surface area contributed by atoms with E-state index in [1.54, 1.807) is 0 Å². The van der Waals surface area contributed by atoms with E-state index in [4.69, 9.17) is 4.98 Å².